The lowest BCUT2D eigenvalue weighted by atomic mass is 9.91. The van der Waals surface area contributed by atoms with Crippen LogP contribution in [0.15, 0.2) is 12.2 Å². The zero-order chi connectivity index (χ0) is 11.0. The molecular weight excluding hydrogens is 196 g/mol. The predicted octanol–water partition coefficient (Wildman–Crippen LogP) is 0.444. The Kier molecular flexibility index (Phi) is 2.61. The van der Waals surface area contributed by atoms with Crippen LogP contribution >= 0.6 is 0 Å². The highest BCUT2D eigenvalue weighted by Gasteiger charge is 2.48. The Balaban J connectivity index is 2.10. The lowest BCUT2D eigenvalue weighted by molar-refractivity contribution is -0.141. The number of ketones is 1. The number of aliphatic hydroxyl groups excluding tert-OH is 1. The van der Waals surface area contributed by atoms with Gasteiger partial charge in [0.05, 0.1) is 12.5 Å². The Morgan fingerprint density at radius 3 is 3.00 bits per heavy atom. The largest absolute Gasteiger partial charge is 0.462 e. The van der Waals surface area contributed by atoms with Crippen LogP contribution in [-0.2, 0) is 14.3 Å². The number of hydrogen-bond donors (Lipinski definition) is 1. The summed E-state index contributed by atoms with van der Waals surface area (Å²) in [6.45, 7) is 1.46. The van der Waals surface area contributed by atoms with E-state index in [0.29, 0.717) is 12.8 Å². The molecule has 2 fully saturated rings. The number of carbonyl (C=O) groups is 2. The van der Waals surface area contributed by atoms with E-state index in [0.717, 1.165) is 0 Å². The van der Waals surface area contributed by atoms with Crippen LogP contribution in [-0.4, -0.2) is 29.1 Å². The summed E-state index contributed by atoms with van der Waals surface area (Å²) < 4.78 is 5.07. The molecule has 2 aliphatic rings. The third-order valence-electron chi connectivity index (χ3n) is 3.13. The second-order valence-corrected chi connectivity index (χ2v) is 4.25. The van der Waals surface area contributed by atoms with Gasteiger partial charge in [-0.3, -0.25) is 9.59 Å². The summed E-state index contributed by atoms with van der Waals surface area (Å²) in [6, 6.07) is 0. The third-order valence-corrected chi connectivity index (χ3v) is 3.13. The Hall–Kier alpha value is -1.16. The molecule has 4 atom stereocenters. The summed E-state index contributed by atoms with van der Waals surface area (Å²) in [7, 11) is 0. The molecule has 0 aromatic carbocycles. The van der Waals surface area contributed by atoms with Gasteiger partial charge in [0.2, 0.25) is 0 Å². The van der Waals surface area contributed by atoms with Crippen molar-refractivity contribution in [2.45, 2.75) is 32.0 Å². The third kappa shape index (κ3) is 1.95. The zero-order valence-corrected chi connectivity index (χ0v) is 8.55. The second kappa shape index (κ2) is 3.77. The first-order valence-electron chi connectivity index (χ1n) is 5.14. The van der Waals surface area contributed by atoms with E-state index in [1.165, 1.54) is 13.0 Å². The maximum atomic E-state index is 11.1. The van der Waals surface area contributed by atoms with Crippen molar-refractivity contribution >= 4 is 11.8 Å². The fourth-order valence-corrected chi connectivity index (χ4v) is 2.43. The SMILES string of the molecule is CC(=O)/C=C/[C@@H]1[C@H]2CC(=O)O[C@H]2C[C@H]1O. The van der Waals surface area contributed by atoms with Crippen LogP contribution in [0.1, 0.15) is 19.8 Å². The molecule has 1 saturated heterocycles. The smallest absolute Gasteiger partial charge is 0.306 e. The molecule has 15 heavy (non-hydrogen) atoms. The molecule has 0 bridgehead atoms. The molecule has 82 valence electrons. The minimum Gasteiger partial charge on any atom is -0.462 e. The minimum atomic E-state index is -0.497. The van der Waals surface area contributed by atoms with E-state index < -0.39 is 6.10 Å². The normalized spacial score (nSPS) is 39.5. The van der Waals surface area contributed by atoms with Gasteiger partial charge in [-0.25, -0.2) is 0 Å². The number of ether oxygens (including phenoxy) is 1. The average Bonchev–Trinajstić information content (AvgIpc) is 2.57. The van der Waals surface area contributed by atoms with Crippen LogP contribution < -0.4 is 0 Å². The average molecular weight is 210 g/mol. The fourth-order valence-electron chi connectivity index (χ4n) is 2.43. The maximum Gasteiger partial charge on any atom is 0.306 e. The number of esters is 1. The number of hydrogen-bond acceptors (Lipinski definition) is 4. The van der Waals surface area contributed by atoms with Crippen LogP contribution in [0.2, 0.25) is 0 Å². The van der Waals surface area contributed by atoms with Crippen molar-refractivity contribution in [3.8, 4) is 0 Å². The molecule has 1 aliphatic heterocycles. The van der Waals surface area contributed by atoms with Gasteiger partial charge in [0, 0.05) is 18.3 Å². The molecular formula is C11H14O4. The molecule has 1 N–H and O–H groups in total. The van der Waals surface area contributed by atoms with Gasteiger partial charge in [-0.1, -0.05) is 6.08 Å². The standard InChI is InChI=1S/C11H14O4/c1-6(12)2-3-7-8-4-11(14)15-10(8)5-9(7)13/h2-3,7-10,13H,4-5H2,1H3/b3-2+/t7-,8-,9-,10+/m1/s1. The van der Waals surface area contributed by atoms with Gasteiger partial charge in [0.1, 0.15) is 6.10 Å². The van der Waals surface area contributed by atoms with Crippen molar-refractivity contribution in [2.24, 2.45) is 11.8 Å². The van der Waals surface area contributed by atoms with Gasteiger partial charge in [0.15, 0.2) is 5.78 Å². The molecule has 4 nitrogen and oxygen atoms in total. The molecule has 0 aromatic heterocycles. The quantitative estimate of drug-likeness (QED) is 0.530. The van der Waals surface area contributed by atoms with Crippen LogP contribution in [0.4, 0.5) is 0 Å². The van der Waals surface area contributed by atoms with E-state index in [1.54, 1.807) is 6.08 Å². The van der Waals surface area contributed by atoms with Crippen molar-refractivity contribution in [1.29, 1.82) is 0 Å². The number of fused-ring (bicyclic) bond motifs is 1. The van der Waals surface area contributed by atoms with E-state index in [-0.39, 0.29) is 29.7 Å². The van der Waals surface area contributed by atoms with Gasteiger partial charge in [0.25, 0.3) is 0 Å². The first-order chi connectivity index (χ1) is 7.08. The van der Waals surface area contributed by atoms with Crippen molar-refractivity contribution in [1.82, 2.24) is 0 Å². The van der Waals surface area contributed by atoms with Gasteiger partial charge < -0.3 is 9.84 Å². The van der Waals surface area contributed by atoms with Gasteiger partial charge in [-0.2, -0.15) is 0 Å². The highest BCUT2D eigenvalue weighted by Crippen LogP contribution is 2.41. The van der Waals surface area contributed by atoms with Crippen LogP contribution in [0, 0.1) is 11.8 Å². The lowest BCUT2D eigenvalue weighted by Gasteiger charge is -2.13. The molecule has 1 heterocycles. The first-order valence-corrected chi connectivity index (χ1v) is 5.14. The Bertz CT molecular complexity index is 321. The first kappa shape index (κ1) is 10.4. The van der Waals surface area contributed by atoms with Crippen molar-refractivity contribution < 1.29 is 19.4 Å². The topological polar surface area (TPSA) is 63.6 Å². The van der Waals surface area contributed by atoms with E-state index in [2.05, 4.69) is 0 Å². The second-order valence-electron chi connectivity index (χ2n) is 4.25. The molecule has 0 aromatic rings. The molecule has 0 amide bonds. The summed E-state index contributed by atoms with van der Waals surface area (Å²) in [5.74, 6) is -0.317. The summed E-state index contributed by atoms with van der Waals surface area (Å²) in [6.07, 6.45) is 3.36. The van der Waals surface area contributed by atoms with Crippen LogP contribution in [0.5, 0.6) is 0 Å². The van der Waals surface area contributed by atoms with Crippen molar-refractivity contribution in [2.75, 3.05) is 0 Å². The summed E-state index contributed by atoms with van der Waals surface area (Å²) in [4.78, 5) is 21.8. The molecule has 4 heteroatoms. The van der Waals surface area contributed by atoms with Gasteiger partial charge in [-0.15, -0.1) is 0 Å². The predicted molar refractivity (Wildman–Crippen MR) is 51.9 cm³/mol. The minimum absolute atomic E-state index is 0.0445. The maximum absolute atomic E-state index is 11.1. The summed E-state index contributed by atoms with van der Waals surface area (Å²) >= 11 is 0. The molecule has 0 radical (unpaired) electrons. The van der Waals surface area contributed by atoms with Crippen LogP contribution in [0.3, 0.4) is 0 Å². The lowest BCUT2D eigenvalue weighted by Crippen LogP contribution is -2.17. The molecule has 2 rings (SSSR count). The Morgan fingerprint density at radius 1 is 1.60 bits per heavy atom. The Labute approximate surface area is 87.9 Å². The Morgan fingerprint density at radius 2 is 2.33 bits per heavy atom. The molecule has 0 spiro atoms. The number of allylic oxidation sites excluding steroid dienone is 1. The van der Waals surface area contributed by atoms with E-state index in [4.69, 9.17) is 4.74 Å². The molecule has 1 saturated carbocycles. The zero-order valence-electron chi connectivity index (χ0n) is 8.55. The summed E-state index contributed by atoms with van der Waals surface area (Å²) in [5.41, 5.74) is 0. The number of rotatable bonds is 2. The van der Waals surface area contributed by atoms with E-state index in [1.807, 2.05) is 0 Å². The van der Waals surface area contributed by atoms with Gasteiger partial charge >= 0.3 is 5.97 Å². The van der Waals surface area contributed by atoms with Crippen molar-refractivity contribution in [3.63, 3.8) is 0 Å². The summed E-state index contributed by atoms with van der Waals surface area (Å²) in [5, 5.41) is 9.74. The van der Waals surface area contributed by atoms with E-state index in [9.17, 15) is 14.7 Å². The monoisotopic (exact) mass is 210 g/mol. The van der Waals surface area contributed by atoms with E-state index >= 15 is 0 Å². The van der Waals surface area contributed by atoms with Gasteiger partial charge in [-0.05, 0) is 13.0 Å². The highest BCUT2D eigenvalue weighted by atomic mass is 16.6. The fraction of sp³-hybridized carbons (Fsp3) is 0.636. The highest BCUT2D eigenvalue weighted by molar-refractivity contribution is 5.87. The van der Waals surface area contributed by atoms with Crippen molar-refractivity contribution in [3.05, 3.63) is 12.2 Å². The number of aliphatic hydroxyl groups is 1. The molecule has 1 aliphatic carbocycles. The molecule has 0 unspecified atom stereocenters. The van der Waals surface area contributed by atoms with Crippen LogP contribution in [0.25, 0.3) is 0 Å². The number of carbonyl (C=O) groups excluding carboxylic acids is 2.